The SMILES string of the molecule is CCN1C(=O)C(C)(C(=O)Nc2nccs2)Oc2ccccc21. The van der Waals surface area contributed by atoms with Gasteiger partial charge in [-0.1, -0.05) is 12.1 Å². The molecule has 1 N–H and O–H groups in total. The van der Waals surface area contributed by atoms with E-state index in [1.54, 1.807) is 28.6 Å². The van der Waals surface area contributed by atoms with Gasteiger partial charge >= 0.3 is 0 Å². The van der Waals surface area contributed by atoms with Crippen LogP contribution in [-0.2, 0) is 9.59 Å². The van der Waals surface area contributed by atoms with Crippen LogP contribution in [0.2, 0.25) is 0 Å². The van der Waals surface area contributed by atoms with E-state index in [9.17, 15) is 9.59 Å². The number of carbonyl (C=O) groups is 2. The fraction of sp³-hybridized carbons (Fsp3) is 0.267. The van der Waals surface area contributed by atoms with Crippen molar-refractivity contribution in [3.63, 3.8) is 0 Å². The van der Waals surface area contributed by atoms with E-state index in [0.29, 0.717) is 23.1 Å². The molecule has 1 aromatic carbocycles. The van der Waals surface area contributed by atoms with E-state index in [1.807, 2.05) is 19.1 Å². The Morgan fingerprint density at radius 2 is 2.23 bits per heavy atom. The van der Waals surface area contributed by atoms with Gasteiger partial charge in [-0.15, -0.1) is 11.3 Å². The number of amides is 2. The molecule has 3 rings (SSSR count). The highest BCUT2D eigenvalue weighted by atomic mass is 32.1. The number of ether oxygens (including phenoxy) is 1. The number of benzene rings is 1. The summed E-state index contributed by atoms with van der Waals surface area (Å²) in [7, 11) is 0. The number of rotatable bonds is 3. The second-order valence-electron chi connectivity index (χ2n) is 4.94. The quantitative estimate of drug-likeness (QED) is 0.882. The fourth-order valence-electron chi connectivity index (χ4n) is 2.36. The molecule has 0 aliphatic carbocycles. The van der Waals surface area contributed by atoms with Gasteiger partial charge in [0.15, 0.2) is 5.13 Å². The molecule has 1 aromatic heterocycles. The van der Waals surface area contributed by atoms with Gasteiger partial charge in [0, 0.05) is 18.1 Å². The molecule has 0 fully saturated rings. The van der Waals surface area contributed by atoms with Gasteiger partial charge < -0.3 is 9.64 Å². The monoisotopic (exact) mass is 317 g/mol. The lowest BCUT2D eigenvalue weighted by molar-refractivity contribution is -0.145. The smallest absolute Gasteiger partial charge is 0.280 e. The number of hydrogen-bond donors (Lipinski definition) is 1. The predicted molar refractivity (Wildman–Crippen MR) is 84.2 cm³/mol. The van der Waals surface area contributed by atoms with Crippen molar-refractivity contribution in [2.24, 2.45) is 0 Å². The number of hydrogen-bond acceptors (Lipinski definition) is 5. The zero-order chi connectivity index (χ0) is 15.7. The lowest BCUT2D eigenvalue weighted by Gasteiger charge is -2.38. The summed E-state index contributed by atoms with van der Waals surface area (Å²) in [5, 5.41) is 4.81. The highest BCUT2D eigenvalue weighted by molar-refractivity contribution is 7.13. The third kappa shape index (κ3) is 2.23. The lowest BCUT2D eigenvalue weighted by atomic mass is 10.00. The summed E-state index contributed by atoms with van der Waals surface area (Å²) in [6.07, 6.45) is 1.58. The molecule has 2 aromatic rings. The predicted octanol–water partition coefficient (Wildman–Crippen LogP) is 2.29. The number of likely N-dealkylation sites (N-methyl/N-ethyl adjacent to an activating group) is 1. The number of anilines is 2. The second-order valence-corrected chi connectivity index (χ2v) is 5.84. The molecule has 1 aliphatic heterocycles. The maximum atomic E-state index is 12.7. The number of nitrogens with one attached hydrogen (secondary N) is 1. The third-order valence-corrected chi connectivity index (χ3v) is 4.21. The number of carbonyl (C=O) groups excluding carboxylic acids is 2. The minimum absolute atomic E-state index is 0.386. The maximum absolute atomic E-state index is 12.7. The van der Waals surface area contributed by atoms with Crippen molar-refractivity contribution in [1.29, 1.82) is 0 Å². The average molecular weight is 317 g/mol. The van der Waals surface area contributed by atoms with Crippen LogP contribution in [0.4, 0.5) is 10.8 Å². The van der Waals surface area contributed by atoms with Crippen LogP contribution in [0, 0.1) is 0 Å². The van der Waals surface area contributed by atoms with Gasteiger partial charge in [-0.25, -0.2) is 4.98 Å². The van der Waals surface area contributed by atoms with Crippen molar-refractivity contribution in [3.8, 4) is 5.75 Å². The van der Waals surface area contributed by atoms with Crippen LogP contribution in [0.3, 0.4) is 0 Å². The van der Waals surface area contributed by atoms with Gasteiger partial charge in [-0.05, 0) is 26.0 Å². The number of para-hydroxylation sites is 2. The summed E-state index contributed by atoms with van der Waals surface area (Å²) in [6, 6.07) is 7.19. The van der Waals surface area contributed by atoms with Crippen molar-refractivity contribution in [1.82, 2.24) is 4.98 Å². The van der Waals surface area contributed by atoms with Gasteiger partial charge in [0.1, 0.15) is 5.75 Å². The first-order chi connectivity index (χ1) is 10.6. The number of fused-ring (bicyclic) bond motifs is 1. The first kappa shape index (κ1) is 14.5. The van der Waals surface area contributed by atoms with Gasteiger partial charge in [0.25, 0.3) is 17.4 Å². The highest BCUT2D eigenvalue weighted by Gasteiger charge is 2.50. The zero-order valence-corrected chi connectivity index (χ0v) is 13.0. The molecular formula is C15H15N3O3S. The highest BCUT2D eigenvalue weighted by Crippen LogP contribution is 2.37. The Bertz CT molecular complexity index is 717. The van der Waals surface area contributed by atoms with Crippen molar-refractivity contribution in [2.75, 3.05) is 16.8 Å². The third-order valence-electron chi connectivity index (χ3n) is 3.53. The zero-order valence-electron chi connectivity index (χ0n) is 12.2. The van der Waals surface area contributed by atoms with Gasteiger partial charge in [0.2, 0.25) is 0 Å². The topological polar surface area (TPSA) is 71.5 Å². The molecule has 7 heteroatoms. The summed E-state index contributed by atoms with van der Waals surface area (Å²) in [5.74, 6) is -0.399. The van der Waals surface area contributed by atoms with Gasteiger partial charge in [-0.3, -0.25) is 14.9 Å². The maximum Gasteiger partial charge on any atom is 0.280 e. The Labute approximate surface area is 131 Å². The summed E-state index contributed by atoms with van der Waals surface area (Å²) in [5.41, 5.74) is -0.940. The van der Waals surface area contributed by atoms with E-state index >= 15 is 0 Å². The summed E-state index contributed by atoms with van der Waals surface area (Å²) in [6.45, 7) is 3.80. The summed E-state index contributed by atoms with van der Waals surface area (Å²) >= 11 is 1.28. The van der Waals surface area contributed by atoms with Crippen LogP contribution in [0.25, 0.3) is 0 Å². The Hall–Kier alpha value is -2.41. The van der Waals surface area contributed by atoms with Gasteiger partial charge in [-0.2, -0.15) is 0 Å². The largest absolute Gasteiger partial charge is 0.465 e. The molecule has 1 aliphatic rings. The Morgan fingerprint density at radius 3 is 2.91 bits per heavy atom. The molecule has 2 amide bonds. The van der Waals surface area contributed by atoms with E-state index < -0.39 is 11.5 Å². The minimum Gasteiger partial charge on any atom is -0.465 e. The van der Waals surface area contributed by atoms with Crippen LogP contribution in [-0.4, -0.2) is 28.9 Å². The second kappa shape index (κ2) is 5.42. The van der Waals surface area contributed by atoms with Crippen LogP contribution in [0.15, 0.2) is 35.8 Å². The Kier molecular flexibility index (Phi) is 3.58. The first-order valence-corrected chi connectivity index (χ1v) is 7.75. The molecule has 0 radical (unpaired) electrons. The molecule has 0 saturated heterocycles. The first-order valence-electron chi connectivity index (χ1n) is 6.87. The molecule has 22 heavy (non-hydrogen) atoms. The van der Waals surface area contributed by atoms with E-state index in [0.717, 1.165) is 0 Å². The molecule has 1 unspecified atom stereocenters. The average Bonchev–Trinajstić information content (AvgIpc) is 3.01. The number of thiazole rings is 1. The van der Waals surface area contributed by atoms with E-state index in [4.69, 9.17) is 4.74 Å². The summed E-state index contributed by atoms with van der Waals surface area (Å²) < 4.78 is 5.75. The van der Waals surface area contributed by atoms with E-state index in [-0.39, 0.29) is 5.91 Å². The molecule has 1 atom stereocenters. The van der Waals surface area contributed by atoms with Crippen LogP contribution in [0.1, 0.15) is 13.8 Å². The molecule has 0 saturated carbocycles. The van der Waals surface area contributed by atoms with Crippen molar-refractivity contribution < 1.29 is 14.3 Å². The number of aromatic nitrogens is 1. The molecule has 6 nitrogen and oxygen atoms in total. The molecule has 0 bridgehead atoms. The van der Waals surface area contributed by atoms with Crippen molar-refractivity contribution in [3.05, 3.63) is 35.8 Å². The van der Waals surface area contributed by atoms with E-state index in [2.05, 4.69) is 10.3 Å². The van der Waals surface area contributed by atoms with Crippen LogP contribution < -0.4 is 15.0 Å². The van der Waals surface area contributed by atoms with Crippen LogP contribution >= 0.6 is 11.3 Å². The van der Waals surface area contributed by atoms with Crippen molar-refractivity contribution in [2.45, 2.75) is 19.4 Å². The molecular weight excluding hydrogens is 302 g/mol. The summed E-state index contributed by atoms with van der Waals surface area (Å²) in [4.78, 5) is 30.8. The minimum atomic E-state index is -1.62. The van der Waals surface area contributed by atoms with Crippen LogP contribution in [0.5, 0.6) is 5.75 Å². The standard InChI is InChI=1S/C15H15N3O3S/c1-3-18-10-6-4-5-7-11(10)21-15(2,13(18)20)12(19)17-14-16-8-9-22-14/h4-9H,3H2,1-2H3,(H,16,17,19). The Morgan fingerprint density at radius 1 is 1.45 bits per heavy atom. The molecule has 2 heterocycles. The normalized spacial score (nSPS) is 20.3. The fourth-order valence-corrected chi connectivity index (χ4v) is 2.88. The molecule has 0 spiro atoms. The van der Waals surface area contributed by atoms with E-state index in [1.165, 1.54) is 18.3 Å². The Balaban J connectivity index is 1.96. The number of nitrogens with zero attached hydrogens (tertiary/aromatic N) is 2. The lowest BCUT2D eigenvalue weighted by Crippen LogP contribution is -2.60. The molecule has 114 valence electrons. The van der Waals surface area contributed by atoms with Gasteiger partial charge in [0.05, 0.1) is 5.69 Å². The van der Waals surface area contributed by atoms with Crippen molar-refractivity contribution >= 4 is 34.0 Å².